The molecule has 6 heteroatoms. The van der Waals surface area contributed by atoms with Gasteiger partial charge in [0.15, 0.2) is 0 Å². The van der Waals surface area contributed by atoms with Gasteiger partial charge in [-0.25, -0.2) is 0 Å². The Hall–Kier alpha value is -2.24. The molecule has 0 radical (unpaired) electrons. The Kier molecular flexibility index (Phi) is 6.26. The van der Waals surface area contributed by atoms with Gasteiger partial charge in [0.25, 0.3) is 0 Å². The zero-order valence-corrected chi connectivity index (χ0v) is 17.9. The van der Waals surface area contributed by atoms with Crippen molar-refractivity contribution in [3.05, 3.63) is 58.7 Å². The molecule has 0 spiro atoms. The molecule has 4 nitrogen and oxygen atoms in total. The number of amides is 1. The van der Waals surface area contributed by atoms with E-state index in [1.807, 2.05) is 49.4 Å². The van der Waals surface area contributed by atoms with Gasteiger partial charge in [-0.1, -0.05) is 17.7 Å². The molecular formula is C23H23ClN2O2S. The number of anilines is 1. The number of pyridine rings is 1. The Labute approximate surface area is 180 Å². The minimum atomic E-state index is -0.0253. The summed E-state index contributed by atoms with van der Waals surface area (Å²) in [6, 6.07) is 13.3. The summed E-state index contributed by atoms with van der Waals surface area (Å²) in [7, 11) is 0. The number of nitrogens with one attached hydrogen (secondary N) is 1. The van der Waals surface area contributed by atoms with Crippen LogP contribution in [0.2, 0.25) is 5.02 Å². The van der Waals surface area contributed by atoms with Crippen molar-refractivity contribution in [3.63, 3.8) is 0 Å². The number of rotatable bonds is 6. The van der Waals surface area contributed by atoms with Crippen molar-refractivity contribution in [2.75, 3.05) is 17.7 Å². The monoisotopic (exact) mass is 426 g/mol. The van der Waals surface area contributed by atoms with Crippen LogP contribution in [0.3, 0.4) is 0 Å². The third-order valence-corrected chi connectivity index (χ3v) is 6.37. The first-order valence-corrected chi connectivity index (χ1v) is 11.3. The summed E-state index contributed by atoms with van der Waals surface area (Å²) in [5.41, 5.74) is 4.13. The maximum absolute atomic E-state index is 12.6. The van der Waals surface area contributed by atoms with E-state index in [1.54, 1.807) is 11.8 Å². The molecule has 3 aromatic rings. The number of hydrogen-bond donors (Lipinski definition) is 1. The minimum absolute atomic E-state index is 0.0253. The highest BCUT2D eigenvalue weighted by Gasteiger charge is 2.19. The number of aryl methyl sites for hydroxylation is 1. The molecule has 0 atom stereocenters. The molecule has 0 saturated heterocycles. The average molecular weight is 427 g/mol. The van der Waals surface area contributed by atoms with Crippen molar-refractivity contribution >= 4 is 45.9 Å². The topological polar surface area (TPSA) is 51.2 Å². The molecule has 2 aromatic carbocycles. The average Bonchev–Trinajstić information content (AvgIpc) is 2.72. The zero-order valence-electron chi connectivity index (χ0n) is 16.3. The maximum atomic E-state index is 12.6. The lowest BCUT2D eigenvalue weighted by molar-refractivity contribution is -0.113. The second-order valence-electron chi connectivity index (χ2n) is 7.03. The molecule has 1 amide bonds. The molecule has 0 saturated carbocycles. The predicted octanol–water partition coefficient (Wildman–Crippen LogP) is 5.90. The highest BCUT2D eigenvalue weighted by molar-refractivity contribution is 8.00. The fourth-order valence-electron chi connectivity index (χ4n) is 3.66. The molecule has 0 bridgehead atoms. The van der Waals surface area contributed by atoms with Crippen molar-refractivity contribution in [3.8, 4) is 5.75 Å². The summed E-state index contributed by atoms with van der Waals surface area (Å²) in [5, 5.41) is 4.73. The van der Waals surface area contributed by atoms with E-state index < -0.39 is 0 Å². The van der Waals surface area contributed by atoms with E-state index in [-0.39, 0.29) is 5.91 Å². The lowest BCUT2D eigenvalue weighted by atomic mass is 9.94. The van der Waals surface area contributed by atoms with Gasteiger partial charge in [-0.2, -0.15) is 0 Å². The van der Waals surface area contributed by atoms with Crippen LogP contribution in [0.5, 0.6) is 5.75 Å². The molecule has 4 rings (SSSR count). The third kappa shape index (κ3) is 4.68. The lowest BCUT2D eigenvalue weighted by Gasteiger charge is -2.20. The normalized spacial score (nSPS) is 13.2. The second-order valence-corrected chi connectivity index (χ2v) is 8.45. The van der Waals surface area contributed by atoms with Crippen LogP contribution in [0, 0.1) is 0 Å². The summed E-state index contributed by atoms with van der Waals surface area (Å²) in [5.74, 6) is 1.12. The van der Waals surface area contributed by atoms with Gasteiger partial charge in [-0.3, -0.25) is 9.78 Å². The molecule has 29 heavy (non-hydrogen) atoms. The van der Waals surface area contributed by atoms with Crippen molar-refractivity contribution in [2.24, 2.45) is 0 Å². The number of benzene rings is 2. The molecule has 1 aromatic heterocycles. The SMILES string of the molecule is CCOc1ccc(NC(=O)CSc2c3c(nc4cc(Cl)ccc24)CCCC3)cc1. The van der Waals surface area contributed by atoms with E-state index in [9.17, 15) is 4.79 Å². The summed E-state index contributed by atoms with van der Waals surface area (Å²) in [4.78, 5) is 18.6. The lowest BCUT2D eigenvalue weighted by Crippen LogP contribution is -2.15. The van der Waals surface area contributed by atoms with Crippen molar-refractivity contribution < 1.29 is 9.53 Å². The van der Waals surface area contributed by atoms with Crippen LogP contribution in [-0.4, -0.2) is 23.3 Å². The van der Waals surface area contributed by atoms with E-state index in [0.29, 0.717) is 17.4 Å². The number of aromatic nitrogens is 1. The number of nitrogens with zero attached hydrogens (tertiary/aromatic N) is 1. The van der Waals surface area contributed by atoms with Crippen LogP contribution in [0.4, 0.5) is 5.69 Å². The Bertz CT molecular complexity index is 1040. The van der Waals surface area contributed by atoms with Crippen LogP contribution in [0.1, 0.15) is 31.0 Å². The first kappa shape index (κ1) is 20.0. The second kappa shape index (κ2) is 9.06. The maximum Gasteiger partial charge on any atom is 0.234 e. The zero-order chi connectivity index (χ0) is 20.2. The summed E-state index contributed by atoms with van der Waals surface area (Å²) in [6.45, 7) is 2.57. The van der Waals surface area contributed by atoms with Gasteiger partial charge in [-0.05, 0) is 74.6 Å². The number of halogens is 1. The molecular weight excluding hydrogens is 404 g/mol. The van der Waals surface area contributed by atoms with Crippen LogP contribution in [0.25, 0.3) is 10.9 Å². The van der Waals surface area contributed by atoms with Crippen molar-refractivity contribution in [2.45, 2.75) is 37.5 Å². The van der Waals surface area contributed by atoms with E-state index >= 15 is 0 Å². The molecule has 1 N–H and O–H groups in total. The van der Waals surface area contributed by atoms with Crippen LogP contribution in [0.15, 0.2) is 47.4 Å². The summed E-state index contributed by atoms with van der Waals surface area (Å²) >= 11 is 7.77. The van der Waals surface area contributed by atoms with Crippen LogP contribution < -0.4 is 10.1 Å². The van der Waals surface area contributed by atoms with E-state index in [2.05, 4.69) is 5.32 Å². The summed E-state index contributed by atoms with van der Waals surface area (Å²) in [6.07, 6.45) is 4.33. The molecule has 0 aliphatic heterocycles. The Morgan fingerprint density at radius 1 is 1.17 bits per heavy atom. The molecule has 0 unspecified atom stereocenters. The minimum Gasteiger partial charge on any atom is -0.494 e. The van der Waals surface area contributed by atoms with Gasteiger partial charge in [0.1, 0.15) is 5.75 Å². The molecule has 1 aliphatic carbocycles. The van der Waals surface area contributed by atoms with E-state index in [4.69, 9.17) is 21.3 Å². The molecule has 0 fully saturated rings. The number of fused-ring (bicyclic) bond motifs is 2. The van der Waals surface area contributed by atoms with E-state index in [1.165, 1.54) is 16.9 Å². The number of hydrogen-bond acceptors (Lipinski definition) is 4. The number of thioether (sulfide) groups is 1. The number of carbonyl (C=O) groups excluding carboxylic acids is 1. The van der Waals surface area contributed by atoms with Gasteiger partial charge in [0.05, 0.1) is 17.9 Å². The van der Waals surface area contributed by atoms with Gasteiger partial charge < -0.3 is 10.1 Å². The van der Waals surface area contributed by atoms with Gasteiger partial charge in [0, 0.05) is 26.7 Å². The standard InChI is InChI=1S/C23H23ClN2O2S/c1-2-28-17-10-8-16(9-11-17)25-22(27)14-29-23-18-5-3-4-6-20(18)26-21-13-15(24)7-12-19(21)23/h7-13H,2-6,14H2,1H3,(H,25,27). The van der Waals surface area contributed by atoms with Crippen LogP contribution >= 0.6 is 23.4 Å². The Balaban J connectivity index is 1.52. The van der Waals surface area contributed by atoms with E-state index in [0.717, 1.165) is 47.3 Å². The Morgan fingerprint density at radius 3 is 2.76 bits per heavy atom. The van der Waals surface area contributed by atoms with Crippen molar-refractivity contribution in [1.82, 2.24) is 4.98 Å². The first-order valence-electron chi connectivity index (χ1n) is 9.90. The molecule has 1 heterocycles. The predicted molar refractivity (Wildman–Crippen MR) is 120 cm³/mol. The largest absolute Gasteiger partial charge is 0.494 e. The summed E-state index contributed by atoms with van der Waals surface area (Å²) < 4.78 is 5.44. The van der Waals surface area contributed by atoms with Crippen LogP contribution in [-0.2, 0) is 17.6 Å². The fourth-order valence-corrected chi connectivity index (χ4v) is 4.89. The highest BCUT2D eigenvalue weighted by Crippen LogP contribution is 2.36. The van der Waals surface area contributed by atoms with Gasteiger partial charge in [0.2, 0.25) is 5.91 Å². The quantitative estimate of drug-likeness (QED) is 0.499. The molecule has 150 valence electrons. The highest BCUT2D eigenvalue weighted by atomic mass is 35.5. The van der Waals surface area contributed by atoms with Gasteiger partial charge >= 0.3 is 0 Å². The number of carbonyl (C=O) groups is 1. The van der Waals surface area contributed by atoms with Gasteiger partial charge in [-0.15, -0.1) is 11.8 Å². The Morgan fingerprint density at radius 2 is 1.97 bits per heavy atom. The smallest absolute Gasteiger partial charge is 0.234 e. The third-order valence-electron chi connectivity index (χ3n) is 4.97. The fraction of sp³-hybridized carbons (Fsp3) is 0.304. The van der Waals surface area contributed by atoms with Crippen molar-refractivity contribution in [1.29, 1.82) is 0 Å². The molecule has 1 aliphatic rings. The number of ether oxygens (including phenoxy) is 1. The first-order chi connectivity index (χ1) is 14.1.